The summed E-state index contributed by atoms with van der Waals surface area (Å²) in [5.41, 5.74) is -0.418. The third kappa shape index (κ3) is 3.22. The van der Waals surface area contributed by atoms with E-state index in [-0.39, 0.29) is 11.6 Å². The van der Waals surface area contributed by atoms with Gasteiger partial charge in [-0.05, 0) is 72.4 Å². The van der Waals surface area contributed by atoms with Crippen molar-refractivity contribution >= 4 is 6.09 Å². The summed E-state index contributed by atoms with van der Waals surface area (Å²) in [6.07, 6.45) is 4.40. The lowest BCUT2D eigenvalue weighted by Gasteiger charge is -2.43. The second kappa shape index (κ2) is 5.31. The van der Waals surface area contributed by atoms with Gasteiger partial charge in [0.1, 0.15) is 5.60 Å². The van der Waals surface area contributed by atoms with Crippen LogP contribution in [-0.4, -0.2) is 41.8 Å². The van der Waals surface area contributed by atoms with Crippen molar-refractivity contribution < 1.29 is 9.53 Å². The molecule has 2 aliphatic rings. The number of ether oxygens (including phenoxy) is 1. The Balaban J connectivity index is 2.08. The third-order valence-electron chi connectivity index (χ3n) is 4.51. The molecule has 0 bridgehead atoms. The molecule has 0 radical (unpaired) electrons. The molecule has 0 aromatic heterocycles. The van der Waals surface area contributed by atoms with Gasteiger partial charge in [-0.25, -0.2) is 4.79 Å². The monoisotopic (exact) mass is 268 g/mol. The van der Waals surface area contributed by atoms with Gasteiger partial charge in [-0.1, -0.05) is 0 Å². The molecule has 19 heavy (non-hydrogen) atoms. The van der Waals surface area contributed by atoms with Crippen molar-refractivity contribution in [3.8, 4) is 0 Å². The fourth-order valence-electron chi connectivity index (χ4n) is 3.47. The Morgan fingerprint density at radius 2 is 1.95 bits per heavy atom. The molecule has 1 atom stereocenters. The van der Waals surface area contributed by atoms with E-state index in [0.717, 1.165) is 45.3 Å². The molecule has 2 heterocycles. The van der Waals surface area contributed by atoms with E-state index in [1.165, 1.54) is 0 Å². The highest BCUT2D eigenvalue weighted by Crippen LogP contribution is 2.40. The van der Waals surface area contributed by atoms with E-state index in [1.807, 2.05) is 25.7 Å². The van der Waals surface area contributed by atoms with Crippen LogP contribution < -0.4 is 5.32 Å². The highest BCUT2D eigenvalue weighted by molar-refractivity contribution is 5.69. The number of nitrogens with one attached hydrogen (secondary N) is 1. The molecule has 1 amide bonds. The van der Waals surface area contributed by atoms with Gasteiger partial charge < -0.3 is 15.0 Å². The van der Waals surface area contributed by atoms with Crippen LogP contribution in [0.5, 0.6) is 0 Å². The van der Waals surface area contributed by atoms with E-state index < -0.39 is 5.60 Å². The number of hydrogen-bond acceptors (Lipinski definition) is 3. The predicted molar refractivity (Wildman–Crippen MR) is 76.2 cm³/mol. The average molecular weight is 268 g/mol. The molecule has 1 N–H and O–H groups in total. The van der Waals surface area contributed by atoms with Crippen LogP contribution in [0.25, 0.3) is 0 Å². The molecular weight excluding hydrogens is 240 g/mol. The van der Waals surface area contributed by atoms with Crippen molar-refractivity contribution in [2.75, 3.05) is 19.6 Å². The van der Waals surface area contributed by atoms with Gasteiger partial charge in [0, 0.05) is 12.1 Å². The Kier molecular flexibility index (Phi) is 4.09. The highest BCUT2D eigenvalue weighted by Gasteiger charge is 2.46. The highest BCUT2D eigenvalue weighted by atomic mass is 16.6. The molecule has 2 aliphatic heterocycles. The summed E-state index contributed by atoms with van der Waals surface area (Å²) in [5.74, 6) is 0.601. The summed E-state index contributed by atoms with van der Waals surface area (Å²) < 4.78 is 5.58. The van der Waals surface area contributed by atoms with Crippen LogP contribution in [0.1, 0.15) is 53.4 Å². The fourth-order valence-corrected chi connectivity index (χ4v) is 3.47. The van der Waals surface area contributed by atoms with Crippen LogP contribution in [0.2, 0.25) is 0 Å². The van der Waals surface area contributed by atoms with Crippen molar-refractivity contribution in [3.05, 3.63) is 0 Å². The number of nitrogens with zero attached hydrogens (tertiary/aromatic N) is 1. The van der Waals surface area contributed by atoms with Crippen molar-refractivity contribution in [1.29, 1.82) is 0 Å². The summed E-state index contributed by atoms with van der Waals surface area (Å²) in [6, 6.07) is 0. The first-order chi connectivity index (χ1) is 8.83. The van der Waals surface area contributed by atoms with Crippen LogP contribution in [0.15, 0.2) is 0 Å². The van der Waals surface area contributed by atoms with Crippen molar-refractivity contribution in [1.82, 2.24) is 10.2 Å². The SMILES string of the molecule is CC(C)(C)OC(=O)N1CCCC1(C)C1CCNCC1. The van der Waals surface area contributed by atoms with E-state index in [0.29, 0.717) is 5.92 Å². The van der Waals surface area contributed by atoms with Gasteiger partial charge in [0.2, 0.25) is 0 Å². The van der Waals surface area contributed by atoms with E-state index in [9.17, 15) is 4.79 Å². The van der Waals surface area contributed by atoms with Crippen molar-refractivity contribution in [2.45, 2.75) is 64.5 Å². The maximum atomic E-state index is 12.4. The molecule has 0 aromatic carbocycles. The lowest BCUT2D eigenvalue weighted by molar-refractivity contribution is -0.00412. The summed E-state index contributed by atoms with van der Waals surface area (Å²) >= 11 is 0. The first kappa shape index (κ1) is 14.6. The van der Waals surface area contributed by atoms with Crippen molar-refractivity contribution in [2.24, 2.45) is 5.92 Å². The summed E-state index contributed by atoms with van der Waals surface area (Å²) in [5, 5.41) is 3.40. The molecule has 0 spiro atoms. The van der Waals surface area contributed by atoms with Crippen LogP contribution in [-0.2, 0) is 4.74 Å². The Labute approximate surface area is 116 Å². The minimum absolute atomic E-state index is 0.00949. The number of likely N-dealkylation sites (tertiary alicyclic amines) is 1. The minimum atomic E-state index is -0.408. The summed E-state index contributed by atoms with van der Waals surface area (Å²) in [4.78, 5) is 14.4. The van der Waals surface area contributed by atoms with Gasteiger partial charge in [0.15, 0.2) is 0 Å². The lowest BCUT2D eigenvalue weighted by atomic mass is 9.78. The molecule has 110 valence electrons. The zero-order valence-corrected chi connectivity index (χ0v) is 12.8. The first-order valence-electron chi connectivity index (χ1n) is 7.54. The molecule has 2 saturated heterocycles. The molecule has 2 fully saturated rings. The van der Waals surface area contributed by atoms with E-state index in [1.54, 1.807) is 0 Å². The number of amides is 1. The van der Waals surface area contributed by atoms with E-state index >= 15 is 0 Å². The van der Waals surface area contributed by atoms with E-state index in [2.05, 4.69) is 12.2 Å². The normalized spacial score (nSPS) is 29.6. The molecule has 1 unspecified atom stereocenters. The second-order valence-corrected chi connectivity index (χ2v) is 7.12. The number of hydrogen-bond donors (Lipinski definition) is 1. The average Bonchev–Trinajstić information content (AvgIpc) is 2.72. The van der Waals surface area contributed by atoms with Crippen LogP contribution in [0.4, 0.5) is 4.79 Å². The Hall–Kier alpha value is -0.770. The summed E-state index contributed by atoms with van der Waals surface area (Å²) in [6.45, 7) is 11.0. The number of carbonyl (C=O) groups excluding carboxylic acids is 1. The number of rotatable bonds is 1. The summed E-state index contributed by atoms with van der Waals surface area (Å²) in [7, 11) is 0. The molecule has 0 aromatic rings. The molecule has 4 nitrogen and oxygen atoms in total. The molecule has 0 aliphatic carbocycles. The molecular formula is C15H28N2O2. The third-order valence-corrected chi connectivity index (χ3v) is 4.51. The van der Waals surface area contributed by atoms with Gasteiger partial charge in [-0.2, -0.15) is 0 Å². The first-order valence-corrected chi connectivity index (χ1v) is 7.54. The van der Waals surface area contributed by atoms with Crippen molar-refractivity contribution in [3.63, 3.8) is 0 Å². The van der Waals surface area contributed by atoms with Crippen LogP contribution in [0, 0.1) is 5.92 Å². The van der Waals surface area contributed by atoms with E-state index in [4.69, 9.17) is 4.74 Å². The Morgan fingerprint density at radius 1 is 1.32 bits per heavy atom. The van der Waals surface area contributed by atoms with Gasteiger partial charge in [0.05, 0.1) is 0 Å². The quantitative estimate of drug-likeness (QED) is 0.795. The van der Waals surface area contributed by atoms with Crippen LogP contribution in [0.3, 0.4) is 0 Å². The molecule has 4 heteroatoms. The lowest BCUT2D eigenvalue weighted by Crippen LogP contribution is -2.53. The topological polar surface area (TPSA) is 41.6 Å². The zero-order chi connectivity index (χ0) is 14.1. The number of piperidine rings is 1. The van der Waals surface area contributed by atoms with Gasteiger partial charge in [-0.15, -0.1) is 0 Å². The maximum Gasteiger partial charge on any atom is 0.410 e. The minimum Gasteiger partial charge on any atom is -0.444 e. The van der Waals surface area contributed by atoms with Crippen LogP contribution >= 0.6 is 0 Å². The Morgan fingerprint density at radius 3 is 2.53 bits per heavy atom. The number of carbonyl (C=O) groups is 1. The van der Waals surface area contributed by atoms with Gasteiger partial charge >= 0.3 is 6.09 Å². The maximum absolute atomic E-state index is 12.4. The second-order valence-electron chi connectivity index (χ2n) is 7.12. The largest absolute Gasteiger partial charge is 0.444 e. The Bertz CT molecular complexity index is 332. The molecule has 2 rings (SSSR count). The zero-order valence-electron chi connectivity index (χ0n) is 12.8. The molecule has 0 saturated carbocycles. The van der Waals surface area contributed by atoms with Gasteiger partial charge in [0.25, 0.3) is 0 Å². The predicted octanol–water partition coefficient (Wildman–Crippen LogP) is 2.78. The standard InChI is InChI=1S/C15H28N2O2/c1-14(2,3)19-13(18)17-11-5-8-15(17,4)12-6-9-16-10-7-12/h12,16H,5-11H2,1-4H3. The van der Waals surface area contributed by atoms with Gasteiger partial charge in [-0.3, -0.25) is 0 Å². The fraction of sp³-hybridized carbons (Fsp3) is 0.933. The smallest absolute Gasteiger partial charge is 0.410 e.